The molecule has 20 heavy (non-hydrogen) atoms. The van der Waals surface area contributed by atoms with Gasteiger partial charge in [0.25, 0.3) is 5.91 Å². The fraction of sp³-hybridized carbons (Fsp3) is 0.267. The molecule has 0 unspecified atom stereocenters. The monoisotopic (exact) mass is 270 g/mol. The molecule has 1 aromatic carbocycles. The first-order valence-corrected chi connectivity index (χ1v) is 6.59. The Morgan fingerprint density at radius 1 is 1.20 bits per heavy atom. The van der Waals surface area contributed by atoms with Crippen molar-refractivity contribution in [2.75, 3.05) is 12.3 Å². The molecule has 5 heteroatoms. The van der Waals surface area contributed by atoms with Gasteiger partial charge in [-0.05, 0) is 24.1 Å². The lowest BCUT2D eigenvalue weighted by atomic mass is 10.1. The summed E-state index contributed by atoms with van der Waals surface area (Å²) in [7, 11) is 0. The highest BCUT2D eigenvalue weighted by Gasteiger charge is 2.15. The van der Waals surface area contributed by atoms with Crippen LogP contribution in [0.4, 0.5) is 5.69 Å². The lowest BCUT2D eigenvalue weighted by Gasteiger charge is -2.22. The van der Waals surface area contributed by atoms with Crippen LogP contribution in [0.2, 0.25) is 0 Å². The van der Waals surface area contributed by atoms with E-state index >= 15 is 0 Å². The molecule has 2 N–H and O–H groups in total. The van der Waals surface area contributed by atoms with Crippen molar-refractivity contribution >= 4 is 11.6 Å². The average molecular weight is 270 g/mol. The fourth-order valence-corrected chi connectivity index (χ4v) is 1.96. The second-order valence-corrected chi connectivity index (χ2v) is 4.60. The van der Waals surface area contributed by atoms with Crippen LogP contribution in [0.25, 0.3) is 0 Å². The van der Waals surface area contributed by atoms with Gasteiger partial charge in [-0.15, -0.1) is 0 Å². The van der Waals surface area contributed by atoms with Gasteiger partial charge in [0.15, 0.2) is 0 Å². The Kier molecular flexibility index (Phi) is 4.65. The molecule has 0 saturated carbocycles. The number of nitrogens with zero attached hydrogens (tertiary/aromatic N) is 3. The first-order chi connectivity index (χ1) is 9.70. The molecule has 1 heterocycles. The molecule has 0 atom stereocenters. The van der Waals surface area contributed by atoms with Crippen LogP contribution in [0.3, 0.4) is 0 Å². The van der Waals surface area contributed by atoms with Crippen LogP contribution in [0.1, 0.15) is 29.3 Å². The fourth-order valence-electron chi connectivity index (χ4n) is 1.96. The largest absolute Gasteiger partial charge is 0.399 e. The molecule has 0 aliphatic rings. The van der Waals surface area contributed by atoms with Gasteiger partial charge in [0, 0.05) is 31.2 Å². The van der Waals surface area contributed by atoms with Crippen molar-refractivity contribution < 1.29 is 4.79 Å². The molecule has 0 radical (unpaired) electrons. The van der Waals surface area contributed by atoms with E-state index in [1.807, 2.05) is 31.2 Å². The van der Waals surface area contributed by atoms with Gasteiger partial charge in [0.2, 0.25) is 0 Å². The first kappa shape index (κ1) is 14.0. The van der Waals surface area contributed by atoms with Crippen molar-refractivity contribution in [3.8, 4) is 0 Å². The van der Waals surface area contributed by atoms with Crippen LogP contribution < -0.4 is 5.73 Å². The van der Waals surface area contributed by atoms with Gasteiger partial charge < -0.3 is 10.6 Å². The van der Waals surface area contributed by atoms with E-state index in [0.717, 1.165) is 17.7 Å². The Morgan fingerprint density at radius 3 is 2.45 bits per heavy atom. The van der Waals surface area contributed by atoms with E-state index < -0.39 is 0 Å². The first-order valence-electron chi connectivity index (χ1n) is 6.59. The second kappa shape index (κ2) is 6.65. The zero-order valence-corrected chi connectivity index (χ0v) is 11.5. The summed E-state index contributed by atoms with van der Waals surface area (Å²) in [5.41, 5.74) is 7.95. The van der Waals surface area contributed by atoms with Crippen LogP contribution >= 0.6 is 0 Å². The Hall–Kier alpha value is -2.43. The Morgan fingerprint density at radius 2 is 1.85 bits per heavy atom. The number of amides is 1. The van der Waals surface area contributed by atoms with Crippen LogP contribution in [0.15, 0.2) is 43.0 Å². The smallest absolute Gasteiger partial charge is 0.257 e. The quantitative estimate of drug-likeness (QED) is 0.845. The number of aromatic nitrogens is 2. The molecule has 1 aromatic heterocycles. The third-order valence-corrected chi connectivity index (χ3v) is 2.94. The number of anilines is 1. The molecule has 0 bridgehead atoms. The summed E-state index contributed by atoms with van der Waals surface area (Å²) < 4.78 is 0. The normalized spacial score (nSPS) is 10.2. The zero-order chi connectivity index (χ0) is 14.4. The molecule has 5 nitrogen and oxygen atoms in total. The van der Waals surface area contributed by atoms with Gasteiger partial charge in [-0.2, -0.15) is 0 Å². The van der Waals surface area contributed by atoms with E-state index in [9.17, 15) is 4.79 Å². The van der Waals surface area contributed by atoms with E-state index in [2.05, 4.69) is 9.97 Å². The minimum absolute atomic E-state index is 0.0516. The summed E-state index contributed by atoms with van der Waals surface area (Å²) in [6.45, 7) is 3.30. The van der Waals surface area contributed by atoms with Gasteiger partial charge in [-0.3, -0.25) is 4.79 Å². The number of hydrogen-bond donors (Lipinski definition) is 1. The summed E-state index contributed by atoms with van der Waals surface area (Å²) in [5, 5.41) is 0. The van der Waals surface area contributed by atoms with E-state index in [4.69, 9.17) is 5.73 Å². The Balaban J connectivity index is 2.14. The number of nitrogens with two attached hydrogens (primary N) is 1. The average Bonchev–Trinajstić information content (AvgIpc) is 2.49. The molecule has 0 spiro atoms. The van der Waals surface area contributed by atoms with Crippen LogP contribution in [0, 0.1) is 0 Å². The second-order valence-electron chi connectivity index (χ2n) is 4.60. The predicted molar refractivity (Wildman–Crippen MR) is 77.9 cm³/mol. The molecular weight excluding hydrogens is 252 g/mol. The standard InChI is InChI=1S/C15H18N4O/c1-2-7-19(10-12-3-5-14(16)6-4-12)15(20)13-8-17-11-18-9-13/h3-6,8-9,11H,2,7,10,16H2,1H3. The lowest BCUT2D eigenvalue weighted by Crippen LogP contribution is -2.31. The molecule has 104 valence electrons. The van der Waals surface area contributed by atoms with Crippen molar-refractivity contribution in [2.45, 2.75) is 19.9 Å². The zero-order valence-electron chi connectivity index (χ0n) is 11.5. The van der Waals surface area contributed by atoms with E-state index in [-0.39, 0.29) is 5.91 Å². The van der Waals surface area contributed by atoms with Gasteiger partial charge in [0.1, 0.15) is 6.33 Å². The van der Waals surface area contributed by atoms with E-state index in [1.54, 1.807) is 17.3 Å². The summed E-state index contributed by atoms with van der Waals surface area (Å²) >= 11 is 0. The third-order valence-electron chi connectivity index (χ3n) is 2.94. The Bertz CT molecular complexity index is 554. The molecule has 0 saturated heterocycles. The molecule has 0 aliphatic heterocycles. The maximum atomic E-state index is 12.4. The number of carbonyl (C=O) groups excluding carboxylic acids is 1. The Labute approximate surface area is 118 Å². The van der Waals surface area contributed by atoms with Gasteiger partial charge >= 0.3 is 0 Å². The van der Waals surface area contributed by atoms with E-state index in [1.165, 1.54) is 6.33 Å². The molecular formula is C15H18N4O. The minimum Gasteiger partial charge on any atom is -0.399 e. The summed E-state index contributed by atoms with van der Waals surface area (Å²) in [4.78, 5) is 22.0. The molecule has 2 rings (SSSR count). The highest BCUT2D eigenvalue weighted by molar-refractivity contribution is 5.93. The SMILES string of the molecule is CCCN(Cc1ccc(N)cc1)C(=O)c1cncnc1. The topological polar surface area (TPSA) is 72.1 Å². The highest BCUT2D eigenvalue weighted by atomic mass is 16.2. The number of carbonyl (C=O) groups is 1. The molecule has 1 amide bonds. The van der Waals surface area contributed by atoms with Crippen molar-refractivity contribution in [3.63, 3.8) is 0 Å². The summed E-state index contributed by atoms with van der Waals surface area (Å²) in [6, 6.07) is 7.56. The van der Waals surface area contributed by atoms with E-state index in [0.29, 0.717) is 18.7 Å². The van der Waals surface area contributed by atoms with Crippen molar-refractivity contribution in [1.82, 2.24) is 14.9 Å². The molecule has 2 aromatic rings. The highest BCUT2D eigenvalue weighted by Crippen LogP contribution is 2.11. The van der Waals surface area contributed by atoms with Crippen molar-refractivity contribution in [2.24, 2.45) is 0 Å². The maximum Gasteiger partial charge on any atom is 0.257 e. The minimum atomic E-state index is -0.0516. The van der Waals surface area contributed by atoms with Crippen LogP contribution in [0.5, 0.6) is 0 Å². The van der Waals surface area contributed by atoms with Crippen molar-refractivity contribution in [1.29, 1.82) is 0 Å². The predicted octanol–water partition coefficient (Wildman–Crippen LogP) is 2.11. The lowest BCUT2D eigenvalue weighted by molar-refractivity contribution is 0.0742. The van der Waals surface area contributed by atoms with Crippen LogP contribution in [-0.4, -0.2) is 27.3 Å². The summed E-state index contributed by atoms with van der Waals surface area (Å²) in [5.74, 6) is -0.0516. The molecule has 0 aliphatic carbocycles. The number of rotatable bonds is 5. The maximum absolute atomic E-state index is 12.4. The van der Waals surface area contributed by atoms with Crippen LogP contribution in [-0.2, 0) is 6.54 Å². The van der Waals surface area contributed by atoms with Gasteiger partial charge in [-0.1, -0.05) is 19.1 Å². The van der Waals surface area contributed by atoms with Gasteiger partial charge in [-0.25, -0.2) is 9.97 Å². The van der Waals surface area contributed by atoms with Crippen molar-refractivity contribution in [3.05, 3.63) is 54.1 Å². The third kappa shape index (κ3) is 3.54. The molecule has 0 fully saturated rings. The van der Waals surface area contributed by atoms with Gasteiger partial charge in [0.05, 0.1) is 5.56 Å². The summed E-state index contributed by atoms with van der Waals surface area (Å²) in [6.07, 6.45) is 5.40. The number of hydrogen-bond acceptors (Lipinski definition) is 4. The number of nitrogen functional groups attached to an aromatic ring is 1. The number of benzene rings is 1.